The van der Waals surface area contributed by atoms with Gasteiger partial charge < -0.3 is 15.0 Å². The normalized spacial score (nSPS) is 21.1. The Morgan fingerprint density at radius 2 is 2.00 bits per heavy atom. The molecular formula is C22H28N4O2. The summed E-state index contributed by atoms with van der Waals surface area (Å²) in [7, 11) is 0. The zero-order valence-electron chi connectivity index (χ0n) is 16.9. The molecule has 1 aromatic heterocycles. The fraction of sp³-hybridized carbons (Fsp3) is 0.500. The molecule has 1 aromatic carbocycles. The van der Waals surface area contributed by atoms with Crippen molar-refractivity contribution in [1.29, 1.82) is 0 Å². The van der Waals surface area contributed by atoms with Crippen LogP contribution in [0.2, 0.25) is 0 Å². The number of rotatable bonds is 3. The van der Waals surface area contributed by atoms with Crippen LogP contribution < -0.4 is 10.2 Å². The lowest BCUT2D eigenvalue weighted by atomic mass is 9.74. The zero-order chi connectivity index (χ0) is 19.7. The zero-order valence-corrected chi connectivity index (χ0v) is 16.9. The van der Waals surface area contributed by atoms with Gasteiger partial charge in [-0.25, -0.2) is 9.97 Å². The molecule has 6 heteroatoms. The quantitative estimate of drug-likeness (QED) is 0.886. The van der Waals surface area contributed by atoms with E-state index >= 15 is 0 Å². The van der Waals surface area contributed by atoms with Crippen LogP contribution >= 0.6 is 0 Å². The number of carbonyl (C=O) groups excluding carboxylic acids is 1. The van der Waals surface area contributed by atoms with E-state index < -0.39 is 0 Å². The molecule has 0 bridgehead atoms. The fourth-order valence-corrected chi connectivity index (χ4v) is 4.14. The van der Waals surface area contributed by atoms with E-state index in [-0.39, 0.29) is 17.4 Å². The largest absolute Gasteiger partial charge is 0.378 e. The highest BCUT2D eigenvalue weighted by atomic mass is 16.5. The maximum absolute atomic E-state index is 12.9. The van der Waals surface area contributed by atoms with E-state index in [2.05, 4.69) is 29.0 Å². The minimum atomic E-state index is -0.0791. The molecule has 1 fully saturated rings. The molecular weight excluding hydrogens is 352 g/mol. The first-order valence-corrected chi connectivity index (χ1v) is 9.98. The summed E-state index contributed by atoms with van der Waals surface area (Å²) in [4.78, 5) is 24.6. The summed E-state index contributed by atoms with van der Waals surface area (Å²) in [5.74, 6) is 0.729. The summed E-state index contributed by atoms with van der Waals surface area (Å²) in [5.41, 5.74) is 3.85. The first-order chi connectivity index (χ1) is 13.4. The van der Waals surface area contributed by atoms with Crippen molar-refractivity contribution in [2.24, 2.45) is 5.41 Å². The number of fused-ring (bicyclic) bond motifs is 1. The number of ether oxygens (including phenoxy) is 1. The second-order valence-electron chi connectivity index (χ2n) is 8.56. The Morgan fingerprint density at radius 1 is 1.25 bits per heavy atom. The number of aryl methyl sites for hydroxylation is 1. The highest BCUT2D eigenvalue weighted by Gasteiger charge is 2.35. The third-order valence-electron chi connectivity index (χ3n) is 5.65. The Morgan fingerprint density at radius 3 is 2.75 bits per heavy atom. The van der Waals surface area contributed by atoms with Gasteiger partial charge in [-0.05, 0) is 36.8 Å². The number of amides is 1. The molecule has 1 atom stereocenters. The number of nitrogens with zero attached hydrogens (tertiary/aromatic N) is 3. The Labute approximate surface area is 166 Å². The Hall–Kier alpha value is -2.47. The van der Waals surface area contributed by atoms with Gasteiger partial charge in [0, 0.05) is 30.4 Å². The van der Waals surface area contributed by atoms with Crippen LogP contribution in [0.4, 0.5) is 5.95 Å². The number of anilines is 1. The van der Waals surface area contributed by atoms with Crippen LogP contribution in [0.3, 0.4) is 0 Å². The summed E-state index contributed by atoms with van der Waals surface area (Å²) in [6, 6.07) is 7.61. The van der Waals surface area contributed by atoms with Gasteiger partial charge in [-0.1, -0.05) is 32.0 Å². The maximum atomic E-state index is 12.9. The average molecular weight is 380 g/mol. The number of benzene rings is 1. The van der Waals surface area contributed by atoms with Gasteiger partial charge in [0.2, 0.25) is 5.95 Å². The molecule has 0 radical (unpaired) electrons. The molecule has 1 aliphatic heterocycles. The minimum absolute atomic E-state index is 0.0380. The maximum Gasteiger partial charge on any atom is 0.252 e. The minimum Gasteiger partial charge on any atom is -0.378 e. The molecule has 2 heterocycles. The van der Waals surface area contributed by atoms with Gasteiger partial charge in [-0.15, -0.1) is 0 Å². The molecule has 6 nitrogen and oxygen atoms in total. The lowest BCUT2D eigenvalue weighted by Gasteiger charge is -2.37. The topological polar surface area (TPSA) is 67.4 Å². The van der Waals surface area contributed by atoms with Crippen LogP contribution in [0.25, 0.3) is 0 Å². The highest BCUT2D eigenvalue weighted by molar-refractivity contribution is 5.95. The number of nitrogens with one attached hydrogen (secondary N) is 1. The van der Waals surface area contributed by atoms with Gasteiger partial charge >= 0.3 is 0 Å². The standard InChI is InChI=1S/C22H28N4O2/c1-15-6-4-5-7-16(15)20(27)24-18-12-22(2,3)13-19-17(18)14-23-21(25-19)26-8-10-28-11-9-26/h4-7,14,18H,8-13H2,1-3H3,(H,24,27)/t18-/m0/s1. The predicted molar refractivity (Wildman–Crippen MR) is 109 cm³/mol. The summed E-state index contributed by atoms with van der Waals surface area (Å²) in [5, 5.41) is 3.23. The number of hydrogen-bond donors (Lipinski definition) is 1. The van der Waals surface area contributed by atoms with E-state index in [1.54, 1.807) is 0 Å². The molecule has 2 aromatic rings. The number of hydrogen-bond acceptors (Lipinski definition) is 5. The van der Waals surface area contributed by atoms with Crippen molar-refractivity contribution in [2.75, 3.05) is 31.2 Å². The smallest absolute Gasteiger partial charge is 0.252 e. The van der Waals surface area contributed by atoms with E-state index in [0.29, 0.717) is 13.2 Å². The van der Waals surface area contributed by atoms with Crippen molar-refractivity contribution in [3.8, 4) is 0 Å². The van der Waals surface area contributed by atoms with E-state index in [9.17, 15) is 4.79 Å². The third kappa shape index (κ3) is 3.87. The van der Waals surface area contributed by atoms with E-state index in [1.807, 2.05) is 37.4 Å². The molecule has 1 aliphatic carbocycles. The SMILES string of the molecule is Cc1ccccc1C(=O)N[C@H]1CC(C)(C)Cc2nc(N3CCOCC3)ncc21. The molecule has 0 unspecified atom stereocenters. The molecule has 4 rings (SSSR count). The van der Waals surface area contributed by atoms with Gasteiger partial charge in [0.05, 0.1) is 24.9 Å². The van der Waals surface area contributed by atoms with Crippen molar-refractivity contribution >= 4 is 11.9 Å². The van der Waals surface area contributed by atoms with Gasteiger partial charge in [-0.2, -0.15) is 0 Å². The van der Waals surface area contributed by atoms with E-state index in [0.717, 1.165) is 54.3 Å². The van der Waals surface area contributed by atoms with E-state index in [1.165, 1.54) is 0 Å². The number of aromatic nitrogens is 2. The predicted octanol–water partition coefficient (Wildman–Crippen LogP) is 3.07. The van der Waals surface area contributed by atoms with Crippen molar-refractivity contribution in [1.82, 2.24) is 15.3 Å². The van der Waals surface area contributed by atoms with Crippen LogP contribution in [0.5, 0.6) is 0 Å². The van der Waals surface area contributed by atoms with Gasteiger partial charge in [0.1, 0.15) is 0 Å². The molecule has 0 saturated carbocycles. The first-order valence-electron chi connectivity index (χ1n) is 9.98. The molecule has 0 spiro atoms. The number of carbonyl (C=O) groups is 1. The average Bonchev–Trinajstić information content (AvgIpc) is 2.67. The Balaban J connectivity index is 1.61. The Kier molecular flexibility index (Phi) is 5.06. The van der Waals surface area contributed by atoms with Gasteiger partial charge in [0.25, 0.3) is 5.91 Å². The van der Waals surface area contributed by atoms with E-state index in [4.69, 9.17) is 9.72 Å². The van der Waals surface area contributed by atoms with Crippen molar-refractivity contribution < 1.29 is 9.53 Å². The van der Waals surface area contributed by atoms with Crippen LogP contribution in [-0.2, 0) is 11.2 Å². The van der Waals surface area contributed by atoms with Crippen molar-refractivity contribution in [2.45, 2.75) is 39.7 Å². The van der Waals surface area contributed by atoms with Crippen LogP contribution in [0.15, 0.2) is 30.5 Å². The molecule has 1 amide bonds. The molecule has 28 heavy (non-hydrogen) atoms. The second kappa shape index (κ2) is 7.51. The van der Waals surface area contributed by atoms with Crippen LogP contribution in [-0.4, -0.2) is 42.2 Å². The lowest BCUT2D eigenvalue weighted by Crippen LogP contribution is -2.39. The summed E-state index contributed by atoms with van der Waals surface area (Å²) in [6.45, 7) is 9.48. The summed E-state index contributed by atoms with van der Waals surface area (Å²) >= 11 is 0. The second-order valence-corrected chi connectivity index (χ2v) is 8.56. The third-order valence-corrected chi connectivity index (χ3v) is 5.65. The lowest BCUT2D eigenvalue weighted by molar-refractivity contribution is 0.0918. The monoisotopic (exact) mass is 380 g/mol. The highest BCUT2D eigenvalue weighted by Crippen LogP contribution is 2.40. The number of morpholine rings is 1. The van der Waals surface area contributed by atoms with Crippen molar-refractivity contribution in [3.63, 3.8) is 0 Å². The van der Waals surface area contributed by atoms with Crippen LogP contribution in [0, 0.1) is 12.3 Å². The first kappa shape index (κ1) is 18.9. The molecule has 2 aliphatic rings. The summed E-state index contributed by atoms with van der Waals surface area (Å²) < 4.78 is 5.43. The molecule has 1 N–H and O–H groups in total. The van der Waals surface area contributed by atoms with Crippen molar-refractivity contribution in [3.05, 3.63) is 52.8 Å². The fourth-order valence-electron chi connectivity index (χ4n) is 4.14. The molecule has 1 saturated heterocycles. The Bertz CT molecular complexity index is 875. The summed E-state index contributed by atoms with van der Waals surface area (Å²) in [6.07, 6.45) is 3.67. The van der Waals surface area contributed by atoms with Crippen LogP contribution in [0.1, 0.15) is 53.5 Å². The van der Waals surface area contributed by atoms with Gasteiger partial charge in [0.15, 0.2) is 0 Å². The molecule has 148 valence electrons. The van der Waals surface area contributed by atoms with Gasteiger partial charge in [-0.3, -0.25) is 4.79 Å².